The lowest BCUT2D eigenvalue weighted by Crippen LogP contribution is -2.22. The predicted octanol–water partition coefficient (Wildman–Crippen LogP) is 7.80. The van der Waals surface area contributed by atoms with Crippen LogP contribution in [-0.2, 0) is 4.79 Å². The van der Waals surface area contributed by atoms with Crippen molar-refractivity contribution < 1.29 is 9.59 Å². The molecule has 5 nitrogen and oxygen atoms in total. The first-order valence-electron chi connectivity index (χ1n) is 10.7. The number of rotatable bonds is 7. The van der Waals surface area contributed by atoms with Gasteiger partial charge in [0, 0.05) is 32.1 Å². The molecular weight excluding hydrogens is 521 g/mol. The summed E-state index contributed by atoms with van der Waals surface area (Å²) in [5.74, 6) is -0.311. The zero-order valence-corrected chi connectivity index (χ0v) is 22.0. The van der Waals surface area contributed by atoms with Gasteiger partial charge in [0.2, 0.25) is 5.91 Å². The lowest BCUT2D eigenvalue weighted by Gasteiger charge is -2.12. The van der Waals surface area contributed by atoms with Crippen molar-refractivity contribution in [2.45, 2.75) is 24.0 Å². The fraction of sp³-hybridized carbons (Fsp3) is 0.115. The van der Waals surface area contributed by atoms with Crippen LogP contribution in [0.5, 0.6) is 0 Å². The number of carbonyl (C=O) groups is 2. The Morgan fingerprint density at radius 1 is 1.00 bits per heavy atom. The van der Waals surface area contributed by atoms with Gasteiger partial charge >= 0.3 is 0 Å². The zero-order valence-electron chi connectivity index (χ0n) is 18.8. The van der Waals surface area contributed by atoms with E-state index in [-0.39, 0.29) is 17.1 Å². The normalized spacial score (nSPS) is 11.7. The minimum atomic E-state index is -0.353. The Kier molecular flexibility index (Phi) is 8.13. The topological polar surface area (TPSA) is 71.1 Å². The molecule has 2 amide bonds. The highest BCUT2D eigenvalue weighted by molar-refractivity contribution is 8.00. The summed E-state index contributed by atoms with van der Waals surface area (Å²) in [6, 6.07) is 20.1. The van der Waals surface area contributed by atoms with Crippen LogP contribution >= 0.6 is 46.3 Å². The second-order valence-electron chi connectivity index (χ2n) is 7.70. The van der Waals surface area contributed by atoms with Gasteiger partial charge in [-0.25, -0.2) is 4.98 Å². The summed E-state index contributed by atoms with van der Waals surface area (Å²) in [4.78, 5) is 30.6. The molecule has 35 heavy (non-hydrogen) atoms. The Labute approximate surface area is 221 Å². The number of hydrogen-bond acceptors (Lipinski definition) is 5. The van der Waals surface area contributed by atoms with Crippen LogP contribution in [0.2, 0.25) is 10.0 Å². The molecule has 0 aliphatic carbocycles. The van der Waals surface area contributed by atoms with Crippen LogP contribution < -0.4 is 10.6 Å². The number of nitrogens with one attached hydrogen (secondary N) is 2. The first-order valence-corrected chi connectivity index (χ1v) is 13.2. The number of nitrogens with zero attached hydrogens (tertiary/aromatic N) is 1. The molecule has 1 unspecified atom stereocenters. The van der Waals surface area contributed by atoms with E-state index in [1.807, 2.05) is 61.7 Å². The van der Waals surface area contributed by atoms with E-state index >= 15 is 0 Å². The molecule has 0 spiro atoms. The number of benzene rings is 3. The summed E-state index contributed by atoms with van der Waals surface area (Å²) in [6.45, 7) is 3.73. The number of halogens is 2. The smallest absolute Gasteiger partial charge is 0.255 e. The Morgan fingerprint density at radius 2 is 1.74 bits per heavy atom. The van der Waals surface area contributed by atoms with Crippen molar-refractivity contribution in [3.63, 3.8) is 0 Å². The Bertz CT molecular complexity index is 1370. The predicted molar refractivity (Wildman–Crippen MR) is 147 cm³/mol. The van der Waals surface area contributed by atoms with Crippen LogP contribution in [-0.4, -0.2) is 22.0 Å². The van der Waals surface area contributed by atoms with E-state index in [1.165, 1.54) is 23.1 Å². The van der Waals surface area contributed by atoms with E-state index in [2.05, 4.69) is 15.6 Å². The molecule has 0 fully saturated rings. The van der Waals surface area contributed by atoms with E-state index in [0.29, 0.717) is 32.1 Å². The minimum Gasteiger partial charge on any atom is -0.322 e. The zero-order chi connectivity index (χ0) is 24.9. The maximum Gasteiger partial charge on any atom is 0.255 e. The molecule has 1 heterocycles. The molecule has 0 saturated heterocycles. The van der Waals surface area contributed by atoms with Crippen molar-refractivity contribution in [1.82, 2.24) is 4.98 Å². The molecule has 9 heteroatoms. The molecule has 4 rings (SSSR count). The van der Waals surface area contributed by atoms with E-state index in [9.17, 15) is 9.59 Å². The van der Waals surface area contributed by atoms with Crippen molar-refractivity contribution in [1.29, 1.82) is 0 Å². The Balaban J connectivity index is 1.34. The van der Waals surface area contributed by atoms with Crippen LogP contribution in [0.3, 0.4) is 0 Å². The second-order valence-corrected chi connectivity index (χ2v) is 10.8. The molecule has 2 N–H and O–H groups in total. The monoisotopic (exact) mass is 541 g/mol. The molecule has 4 aromatic rings. The number of carbonyl (C=O) groups excluding carboxylic acids is 2. The quantitative estimate of drug-likeness (QED) is 0.234. The van der Waals surface area contributed by atoms with Gasteiger partial charge in [-0.3, -0.25) is 9.59 Å². The van der Waals surface area contributed by atoms with E-state index in [1.54, 1.807) is 24.3 Å². The summed E-state index contributed by atoms with van der Waals surface area (Å²) in [7, 11) is 0. The average Bonchev–Trinajstić information content (AvgIpc) is 3.28. The molecule has 1 atom stereocenters. The number of amides is 2. The van der Waals surface area contributed by atoms with Crippen LogP contribution in [0, 0.1) is 6.92 Å². The maximum atomic E-state index is 12.7. The summed E-state index contributed by atoms with van der Waals surface area (Å²) >= 11 is 15.0. The van der Waals surface area contributed by atoms with Gasteiger partial charge in [-0.05, 0) is 67.9 Å². The summed E-state index contributed by atoms with van der Waals surface area (Å²) in [5.41, 5.74) is 3.68. The third-order valence-electron chi connectivity index (χ3n) is 5.13. The highest BCUT2D eigenvalue weighted by Crippen LogP contribution is 2.33. The molecule has 0 aliphatic rings. The van der Waals surface area contributed by atoms with Crippen molar-refractivity contribution >= 4 is 68.9 Å². The van der Waals surface area contributed by atoms with Gasteiger partial charge in [0.05, 0.1) is 16.0 Å². The highest BCUT2D eigenvalue weighted by atomic mass is 35.5. The molecule has 178 valence electrons. The first kappa shape index (κ1) is 25.3. The maximum absolute atomic E-state index is 12.7. The van der Waals surface area contributed by atoms with Crippen molar-refractivity contribution in [2.75, 3.05) is 10.6 Å². The van der Waals surface area contributed by atoms with Crippen LogP contribution in [0.15, 0.2) is 77.0 Å². The van der Waals surface area contributed by atoms with Gasteiger partial charge in [0.1, 0.15) is 0 Å². The second kappa shape index (κ2) is 11.3. The van der Waals surface area contributed by atoms with Crippen molar-refractivity contribution in [2.24, 2.45) is 0 Å². The summed E-state index contributed by atoms with van der Waals surface area (Å²) < 4.78 is 0. The standard InChI is InChI=1S/C26H21Cl2N3O2S2/c1-15-5-3-4-6-20(15)25(33)29-18-8-10-19(11-9-18)35-16(2)24(32)31-26-30-23(14-34-26)21-12-7-17(27)13-22(21)28/h3-14,16H,1-2H3,(H,29,33)(H,30,31,32). The SMILES string of the molecule is Cc1ccccc1C(=O)Nc1ccc(SC(C)C(=O)Nc2nc(-c3ccc(Cl)cc3Cl)cs2)cc1. The summed E-state index contributed by atoms with van der Waals surface area (Å²) in [5, 5.41) is 8.81. The van der Waals surface area contributed by atoms with Gasteiger partial charge in [0.25, 0.3) is 5.91 Å². The third kappa shape index (κ3) is 6.44. The molecule has 0 bridgehead atoms. The molecule has 3 aromatic carbocycles. The average molecular weight is 543 g/mol. The van der Waals surface area contributed by atoms with E-state index in [4.69, 9.17) is 23.2 Å². The fourth-order valence-electron chi connectivity index (χ4n) is 3.26. The molecule has 1 aromatic heterocycles. The number of aryl methyl sites for hydroxylation is 1. The van der Waals surface area contributed by atoms with E-state index in [0.717, 1.165) is 16.0 Å². The highest BCUT2D eigenvalue weighted by Gasteiger charge is 2.17. The van der Waals surface area contributed by atoms with Crippen LogP contribution in [0.25, 0.3) is 11.3 Å². The van der Waals surface area contributed by atoms with Crippen molar-refractivity contribution in [3.05, 3.63) is 93.3 Å². The van der Waals surface area contributed by atoms with Gasteiger partial charge in [0.15, 0.2) is 5.13 Å². The number of thiazole rings is 1. The third-order valence-corrected chi connectivity index (χ3v) is 7.54. The van der Waals surface area contributed by atoms with Gasteiger partial charge in [-0.15, -0.1) is 23.1 Å². The minimum absolute atomic E-state index is 0.154. The molecule has 0 saturated carbocycles. The van der Waals surface area contributed by atoms with E-state index < -0.39 is 0 Å². The van der Waals surface area contributed by atoms with Gasteiger partial charge in [-0.1, -0.05) is 41.4 Å². The molecule has 0 radical (unpaired) electrons. The lowest BCUT2D eigenvalue weighted by molar-refractivity contribution is -0.115. The fourth-order valence-corrected chi connectivity index (χ4v) is 5.35. The number of aromatic nitrogens is 1. The Hall–Kier alpha value is -2.84. The van der Waals surface area contributed by atoms with Gasteiger partial charge in [-0.2, -0.15) is 0 Å². The Morgan fingerprint density at radius 3 is 2.46 bits per heavy atom. The van der Waals surface area contributed by atoms with Crippen molar-refractivity contribution in [3.8, 4) is 11.3 Å². The lowest BCUT2D eigenvalue weighted by atomic mass is 10.1. The largest absolute Gasteiger partial charge is 0.322 e. The molecule has 0 aliphatic heterocycles. The number of anilines is 2. The van der Waals surface area contributed by atoms with Crippen LogP contribution in [0.1, 0.15) is 22.8 Å². The number of hydrogen-bond donors (Lipinski definition) is 2. The molecular formula is C26H21Cl2N3O2S2. The number of thioether (sulfide) groups is 1. The summed E-state index contributed by atoms with van der Waals surface area (Å²) in [6.07, 6.45) is 0. The van der Waals surface area contributed by atoms with Gasteiger partial charge < -0.3 is 10.6 Å². The van der Waals surface area contributed by atoms with Crippen LogP contribution in [0.4, 0.5) is 10.8 Å². The first-order chi connectivity index (χ1) is 16.8.